The minimum atomic E-state index is 0.472. The van der Waals surface area contributed by atoms with Crippen LogP contribution in [0.25, 0.3) is 0 Å². The molecule has 0 bridgehead atoms. The standard InChI is InChI=1S/C22H38N2O4/c1-15-3-16(2)18(6-24(9-21-13-27-21)10-22-14-28-22)4-17(15)5-23(7-19-11-25-19)8-20-12-26-20/h15-22H,3-14H2,1-2H3. The Labute approximate surface area is 169 Å². The summed E-state index contributed by atoms with van der Waals surface area (Å²) in [7, 11) is 0. The SMILES string of the molecule is CC1CC(C)C(CN(CC2CO2)CC2CO2)CC1CN(CC1CO1)CC1CO1. The van der Waals surface area contributed by atoms with Gasteiger partial charge in [-0.05, 0) is 36.5 Å². The molecule has 0 N–H and O–H groups in total. The fraction of sp³-hybridized carbons (Fsp3) is 1.00. The van der Waals surface area contributed by atoms with Crippen LogP contribution >= 0.6 is 0 Å². The maximum absolute atomic E-state index is 5.52. The number of rotatable bonds is 12. The molecule has 28 heavy (non-hydrogen) atoms. The molecule has 0 aromatic rings. The molecule has 1 aliphatic carbocycles. The second kappa shape index (κ2) is 8.48. The molecule has 8 atom stereocenters. The third kappa shape index (κ3) is 5.89. The normalized spacial score (nSPS) is 44.1. The second-order valence-electron chi connectivity index (χ2n) is 10.2. The van der Waals surface area contributed by atoms with Crippen molar-refractivity contribution >= 4 is 0 Å². The van der Waals surface area contributed by atoms with Crippen LogP contribution in [0.1, 0.15) is 26.7 Å². The molecule has 5 fully saturated rings. The third-order valence-electron chi connectivity index (χ3n) is 7.40. The van der Waals surface area contributed by atoms with E-state index in [9.17, 15) is 0 Å². The summed E-state index contributed by atoms with van der Waals surface area (Å²) in [5, 5.41) is 0. The van der Waals surface area contributed by atoms with Crippen LogP contribution in [0, 0.1) is 23.7 Å². The van der Waals surface area contributed by atoms with E-state index in [2.05, 4.69) is 23.6 Å². The highest BCUT2D eigenvalue weighted by Gasteiger charge is 2.38. The first-order valence-electron chi connectivity index (χ1n) is 11.5. The van der Waals surface area contributed by atoms with E-state index >= 15 is 0 Å². The molecule has 0 spiro atoms. The molecule has 160 valence electrons. The Morgan fingerprint density at radius 1 is 0.536 bits per heavy atom. The first-order chi connectivity index (χ1) is 13.6. The third-order valence-corrected chi connectivity index (χ3v) is 7.40. The van der Waals surface area contributed by atoms with Crippen molar-refractivity contribution < 1.29 is 18.9 Å². The quantitative estimate of drug-likeness (QED) is 0.468. The molecule has 1 saturated carbocycles. The Balaban J connectivity index is 1.17. The van der Waals surface area contributed by atoms with E-state index in [1.54, 1.807) is 0 Å². The predicted octanol–water partition coefficient (Wildman–Crippen LogP) is 1.48. The van der Waals surface area contributed by atoms with Crippen molar-refractivity contribution in [3.63, 3.8) is 0 Å². The van der Waals surface area contributed by atoms with Gasteiger partial charge in [0.05, 0.1) is 50.8 Å². The van der Waals surface area contributed by atoms with Crippen LogP contribution in [0.15, 0.2) is 0 Å². The minimum absolute atomic E-state index is 0.472. The fourth-order valence-corrected chi connectivity index (χ4v) is 5.29. The number of ether oxygens (including phenoxy) is 4. The first kappa shape index (κ1) is 19.7. The molecule has 4 heterocycles. The van der Waals surface area contributed by atoms with Gasteiger partial charge >= 0.3 is 0 Å². The zero-order chi connectivity index (χ0) is 19.1. The lowest BCUT2D eigenvalue weighted by Crippen LogP contribution is -2.44. The van der Waals surface area contributed by atoms with Crippen molar-refractivity contribution in [3.05, 3.63) is 0 Å². The van der Waals surface area contributed by atoms with Gasteiger partial charge in [0.15, 0.2) is 0 Å². The smallest absolute Gasteiger partial charge is 0.0936 e. The number of hydrogen-bond acceptors (Lipinski definition) is 6. The first-order valence-corrected chi connectivity index (χ1v) is 11.5. The largest absolute Gasteiger partial charge is 0.372 e. The van der Waals surface area contributed by atoms with Gasteiger partial charge in [-0.25, -0.2) is 0 Å². The highest BCUT2D eigenvalue weighted by atomic mass is 16.6. The van der Waals surface area contributed by atoms with E-state index in [1.807, 2.05) is 0 Å². The Morgan fingerprint density at radius 3 is 1.14 bits per heavy atom. The average Bonchev–Trinajstić information content (AvgIpc) is 3.49. The van der Waals surface area contributed by atoms with E-state index < -0.39 is 0 Å². The zero-order valence-electron chi connectivity index (χ0n) is 17.6. The lowest BCUT2D eigenvalue weighted by atomic mass is 9.69. The van der Waals surface area contributed by atoms with Gasteiger partial charge in [0, 0.05) is 39.3 Å². The summed E-state index contributed by atoms with van der Waals surface area (Å²) in [5.41, 5.74) is 0. The van der Waals surface area contributed by atoms with E-state index in [0.717, 1.165) is 76.3 Å². The summed E-state index contributed by atoms with van der Waals surface area (Å²) in [6.07, 6.45) is 4.60. The van der Waals surface area contributed by atoms with E-state index in [4.69, 9.17) is 18.9 Å². The molecule has 6 nitrogen and oxygen atoms in total. The molecule has 6 heteroatoms. The molecular weight excluding hydrogens is 356 g/mol. The number of hydrogen-bond donors (Lipinski definition) is 0. The van der Waals surface area contributed by atoms with Gasteiger partial charge in [0.1, 0.15) is 0 Å². The maximum atomic E-state index is 5.52. The van der Waals surface area contributed by atoms with Crippen LogP contribution < -0.4 is 0 Å². The highest BCUT2D eigenvalue weighted by Crippen LogP contribution is 2.39. The number of epoxide rings is 4. The molecule has 8 unspecified atom stereocenters. The average molecular weight is 395 g/mol. The summed E-state index contributed by atoms with van der Waals surface area (Å²) in [6, 6.07) is 0. The number of nitrogens with zero attached hydrogens (tertiary/aromatic N) is 2. The van der Waals surface area contributed by atoms with Gasteiger partial charge in [-0.3, -0.25) is 9.80 Å². The fourth-order valence-electron chi connectivity index (χ4n) is 5.29. The lowest BCUT2D eigenvalue weighted by molar-refractivity contribution is 0.0632. The monoisotopic (exact) mass is 394 g/mol. The van der Waals surface area contributed by atoms with Crippen LogP contribution in [-0.4, -0.2) is 99.9 Å². The maximum Gasteiger partial charge on any atom is 0.0936 e. The Hall–Kier alpha value is -0.240. The van der Waals surface area contributed by atoms with Gasteiger partial charge in [0.25, 0.3) is 0 Å². The van der Waals surface area contributed by atoms with Crippen LogP contribution in [0.5, 0.6) is 0 Å². The topological polar surface area (TPSA) is 56.6 Å². The molecule has 0 amide bonds. The van der Waals surface area contributed by atoms with Crippen molar-refractivity contribution in [2.45, 2.75) is 51.1 Å². The molecule has 0 radical (unpaired) electrons. The molecule has 5 rings (SSSR count). The van der Waals surface area contributed by atoms with Crippen molar-refractivity contribution in [2.24, 2.45) is 23.7 Å². The zero-order valence-corrected chi connectivity index (χ0v) is 17.6. The summed E-state index contributed by atoms with van der Waals surface area (Å²) in [4.78, 5) is 5.27. The molecule has 4 saturated heterocycles. The summed E-state index contributed by atoms with van der Waals surface area (Å²) in [5.74, 6) is 3.19. The van der Waals surface area contributed by atoms with Crippen LogP contribution in [0.4, 0.5) is 0 Å². The van der Waals surface area contributed by atoms with Gasteiger partial charge in [-0.1, -0.05) is 13.8 Å². The van der Waals surface area contributed by atoms with Gasteiger partial charge < -0.3 is 18.9 Å². The van der Waals surface area contributed by atoms with Crippen LogP contribution in [0.3, 0.4) is 0 Å². The van der Waals surface area contributed by atoms with Crippen LogP contribution in [-0.2, 0) is 18.9 Å². The Morgan fingerprint density at radius 2 is 0.857 bits per heavy atom. The van der Waals surface area contributed by atoms with Gasteiger partial charge in [-0.15, -0.1) is 0 Å². The summed E-state index contributed by atoms with van der Waals surface area (Å²) >= 11 is 0. The Kier molecular flexibility index (Phi) is 5.97. The molecule has 5 aliphatic rings. The molecule has 0 aromatic carbocycles. The van der Waals surface area contributed by atoms with E-state index in [1.165, 1.54) is 25.9 Å². The molecule has 0 aromatic heterocycles. The summed E-state index contributed by atoms with van der Waals surface area (Å²) < 4.78 is 22.1. The minimum Gasteiger partial charge on any atom is -0.372 e. The van der Waals surface area contributed by atoms with Crippen LogP contribution in [0.2, 0.25) is 0 Å². The van der Waals surface area contributed by atoms with Crippen molar-refractivity contribution in [1.29, 1.82) is 0 Å². The highest BCUT2D eigenvalue weighted by molar-refractivity contribution is 4.89. The molecular formula is C22H38N2O4. The van der Waals surface area contributed by atoms with Crippen molar-refractivity contribution in [3.8, 4) is 0 Å². The lowest BCUT2D eigenvalue weighted by Gasteiger charge is -2.42. The van der Waals surface area contributed by atoms with E-state index in [0.29, 0.717) is 24.4 Å². The molecule has 4 aliphatic heterocycles. The summed E-state index contributed by atoms with van der Waals surface area (Å²) in [6.45, 7) is 15.5. The van der Waals surface area contributed by atoms with Crippen molar-refractivity contribution in [1.82, 2.24) is 9.80 Å². The van der Waals surface area contributed by atoms with Gasteiger partial charge in [0.2, 0.25) is 0 Å². The second-order valence-corrected chi connectivity index (χ2v) is 10.2. The Bertz CT molecular complexity index is 447. The van der Waals surface area contributed by atoms with E-state index in [-0.39, 0.29) is 0 Å². The van der Waals surface area contributed by atoms with Gasteiger partial charge in [-0.2, -0.15) is 0 Å². The predicted molar refractivity (Wildman–Crippen MR) is 106 cm³/mol. The van der Waals surface area contributed by atoms with Crippen molar-refractivity contribution in [2.75, 3.05) is 65.7 Å².